The number of benzene rings is 2. The number of ether oxygens (including phenoxy) is 1. The molecule has 2 aromatic rings. The molecule has 0 radical (unpaired) electrons. The fraction of sp³-hybridized carbons (Fsp3) is 0.300. The van der Waals surface area contributed by atoms with Crippen molar-refractivity contribution in [2.75, 3.05) is 17.2 Å². The molecule has 0 aliphatic carbocycles. The van der Waals surface area contributed by atoms with E-state index in [-0.39, 0.29) is 18.4 Å². The maximum absolute atomic E-state index is 12.1. The number of hydrogen-bond donors (Lipinski definition) is 2. The third kappa shape index (κ3) is 6.41. The molecule has 2 rings (SSSR count). The van der Waals surface area contributed by atoms with Gasteiger partial charge in [-0.05, 0) is 55.3 Å². The smallest absolute Gasteiger partial charge is 0.262 e. The monoisotopic (exact) mass is 374 g/mol. The minimum Gasteiger partial charge on any atom is -0.484 e. The molecule has 5 nitrogen and oxygen atoms in total. The molecule has 0 aromatic heterocycles. The zero-order valence-electron chi connectivity index (χ0n) is 15.0. The first-order valence-electron chi connectivity index (χ1n) is 8.56. The van der Waals surface area contributed by atoms with Crippen LogP contribution in [0.4, 0.5) is 11.4 Å². The summed E-state index contributed by atoms with van der Waals surface area (Å²) in [4.78, 5) is 23.9. The highest BCUT2D eigenvalue weighted by Gasteiger charge is 2.07. The van der Waals surface area contributed by atoms with E-state index in [2.05, 4.69) is 10.6 Å². The molecule has 0 bridgehead atoms. The van der Waals surface area contributed by atoms with Crippen molar-refractivity contribution in [1.82, 2.24) is 0 Å². The number of hydrogen-bond acceptors (Lipinski definition) is 3. The fourth-order valence-electron chi connectivity index (χ4n) is 2.29. The molecule has 6 heteroatoms. The molecule has 0 fully saturated rings. The molecule has 2 amide bonds. The van der Waals surface area contributed by atoms with Crippen molar-refractivity contribution in [3.05, 3.63) is 53.1 Å². The Hall–Kier alpha value is -2.53. The number of carbonyl (C=O) groups excluding carboxylic acids is 2. The highest BCUT2D eigenvalue weighted by molar-refractivity contribution is 6.31. The van der Waals surface area contributed by atoms with E-state index in [1.54, 1.807) is 42.5 Å². The van der Waals surface area contributed by atoms with Gasteiger partial charge < -0.3 is 15.4 Å². The van der Waals surface area contributed by atoms with E-state index in [9.17, 15) is 9.59 Å². The fourth-order valence-corrected chi connectivity index (χ4v) is 2.41. The Labute approximate surface area is 158 Å². The number of unbranched alkanes of at least 4 members (excludes halogenated alkanes) is 1. The Morgan fingerprint density at radius 1 is 1.04 bits per heavy atom. The van der Waals surface area contributed by atoms with E-state index in [1.165, 1.54) is 0 Å². The number of anilines is 2. The molecule has 0 aliphatic heterocycles. The second-order valence-corrected chi connectivity index (χ2v) is 6.39. The Bertz CT molecular complexity index is 777. The van der Waals surface area contributed by atoms with Crippen molar-refractivity contribution >= 4 is 34.8 Å². The van der Waals surface area contributed by atoms with Crippen LogP contribution in [0, 0.1) is 6.92 Å². The second-order valence-electron chi connectivity index (χ2n) is 5.98. The second kappa shape index (κ2) is 9.82. The quantitative estimate of drug-likeness (QED) is 0.697. The van der Waals surface area contributed by atoms with Crippen molar-refractivity contribution in [2.45, 2.75) is 33.1 Å². The lowest BCUT2D eigenvalue weighted by Gasteiger charge is -2.10. The summed E-state index contributed by atoms with van der Waals surface area (Å²) < 4.78 is 5.47. The lowest BCUT2D eigenvalue weighted by Crippen LogP contribution is -2.20. The SMILES string of the molecule is CCCCC(=O)Nc1cccc(NC(=O)COc2ccc(Cl)c(C)c2)c1. The van der Waals surface area contributed by atoms with Gasteiger partial charge >= 0.3 is 0 Å². The van der Waals surface area contributed by atoms with Gasteiger partial charge in [0, 0.05) is 22.8 Å². The van der Waals surface area contributed by atoms with Gasteiger partial charge in [0.05, 0.1) is 0 Å². The Morgan fingerprint density at radius 3 is 2.38 bits per heavy atom. The molecular formula is C20H23ClN2O3. The molecule has 138 valence electrons. The van der Waals surface area contributed by atoms with Gasteiger partial charge in [-0.25, -0.2) is 0 Å². The summed E-state index contributed by atoms with van der Waals surface area (Å²) in [6, 6.07) is 12.3. The van der Waals surface area contributed by atoms with Crippen LogP contribution in [0.2, 0.25) is 5.02 Å². The van der Waals surface area contributed by atoms with Gasteiger partial charge in [0.2, 0.25) is 5.91 Å². The van der Waals surface area contributed by atoms with Crippen LogP contribution < -0.4 is 15.4 Å². The van der Waals surface area contributed by atoms with Crippen LogP contribution in [0.1, 0.15) is 31.7 Å². The summed E-state index contributed by atoms with van der Waals surface area (Å²) >= 11 is 5.96. The molecule has 0 saturated carbocycles. The highest BCUT2D eigenvalue weighted by Crippen LogP contribution is 2.21. The van der Waals surface area contributed by atoms with Crippen molar-refractivity contribution in [3.63, 3.8) is 0 Å². The van der Waals surface area contributed by atoms with Crippen LogP contribution in [0.5, 0.6) is 5.75 Å². The minimum absolute atomic E-state index is 0.0308. The van der Waals surface area contributed by atoms with Gasteiger partial charge in [0.25, 0.3) is 5.91 Å². The first-order valence-corrected chi connectivity index (χ1v) is 8.94. The number of amides is 2. The molecule has 2 aromatic carbocycles. The van der Waals surface area contributed by atoms with E-state index in [1.807, 2.05) is 13.8 Å². The molecule has 0 heterocycles. The van der Waals surface area contributed by atoms with Crippen LogP contribution in [0.25, 0.3) is 0 Å². The van der Waals surface area contributed by atoms with Crippen LogP contribution in [0.15, 0.2) is 42.5 Å². The number of aryl methyl sites for hydroxylation is 1. The number of nitrogens with one attached hydrogen (secondary N) is 2. The number of rotatable bonds is 8. The minimum atomic E-state index is -0.285. The first kappa shape index (κ1) is 19.8. The van der Waals surface area contributed by atoms with Gasteiger partial charge in [0.15, 0.2) is 6.61 Å². The first-order chi connectivity index (χ1) is 12.5. The molecule has 0 atom stereocenters. The summed E-state index contributed by atoms with van der Waals surface area (Å²) in [6.07, 6.45) is 2.31. The average molecular weight is 375 g/mol. The molecule has 0 spiro atoms. The molecular weight excluding hydrogens is 352 g/mol. The van der Waals surface area contributed by atoms with E-state index >= 15 is 0 Å². The lowest BCUT2D eigenvalue weighted by molar-refractivity contribution is -0.118. The van der Waals surface area contributed by atoms with Crippen LogP contribution in [-0.4, -0.2) is 18.4 Å². The molecule has 2 N–H and O–H groups in total. The van der Waals surface area contributed by atoms with Crippen LogP contribution in [0.3, 0.4) is 0 Å². The van der Waals surface area contributed by atoms with Crippen molar-refractivity contribution in [1.29, 1.82) is 0 Å². The van der Waals surface area contributed by atoms with Crippen molar-refractivity contribution in [2.24, 2.45) is 0 Å². The average Bonchev–Trinajstić information content (AvgIpc) is 2.61. The maximum Gasteiger partial charge on any atom is 0.262 e. The zero-order valence-corrected chi connectivity index (χ0v) is 15.7. The summed E-state index contributed by atoms with van der Waals surface area (Å²) in [6.45, 7) is 3.79. The van der Waals surface area contributed by atoms with Gasteiger partial charge in [-0.2, -0.15) is 0 Å². The van der Waals surface area contributed by atoms with Gasteiger partial charge in [0.1, 0.15) is 5.75 Å². The normalized spacial score (nSPS) is 10.3. The Balaban J connectivity index is 1.87. The predicted molar refractivity (Wildman–Crippen MR) is 105 cm³/mol. The standard InChI is InChI=1S/C20H23ClN2O3/c1-3-4-8-19(24)22-15-6-5-7-16(12-15)23-20(25)13-26-17-9-10-18(21)14(2)11-17/h5-7,9-12H,3-4,8,13H2,1-2H3,(H,22,24)(H,23,25). The largest absolute Gasteiger partial charge is 0.484 e. The van der Waals surface area contributed by atoms with Crippen molar-refractivity contribution < 1.29 is 14.3 Å². The van der Waals surface area contributed by atoms with E-state index < -0.39 is 0 Å². The van der Waals surface area contributed by atoms with Gasteiger partial charge in [-0.1, -0.05) is 31.0 Å². The van der Waals surface area contributed by atoms with Crippen molar-refractivity contribution in [3.8, 4) is 5.75 Å². The van der Waals surface area contributed by atoms with E-state index in [0.717, 1.165) is 18.4 Å². The highest BCUT2D eigenvalue weighted by atomic mass is 35.5. The van der Waals surface area contributed by atoms with Crippen LogP contribution in [-0.2, 0) is 9.59 Å². The van der Waals surface area contributed by atoms with Gasteiger partial charge in [-0.15, -0.1) is 0 Å². The summed E-state index contributed by atoms with van der Waals surface area (Å²) in [5.74, 6) is 0.266. The summed E-state index contributed by atoms with van der Waals surface area (Å²) in [5, 5.41) is 6.23. The van der Waals surface area contributed by atoms with E-state index in [0.29, 0.717) is 28.6 Å². The molecule has 26 heavy (non-hydrogen) atoms. The molecule has 0 unspecified atom stereocenters. The summed E-state index contributed by atoms with van der Waals surface area (Å²) in [7, 11) is 0. The predicted octanol–water partition coefficient (Wildman–Crippen LogP) is 4.79. The van der Waals surface area contributed by atoms with Crippen LogP contribution >= 0.6 is 11.6 Å². The zero-order chi connectivity index (χ0) is 18.9. The lowest BCUT2D eigenvalue weighted by atomic mass is 10.2. The Kier molecular flexibility index (Phi) is 7.48. The third-order valence-corrected chi connectivity index (χ3v) is 4.11. The maximum atomic E-state index is 12.1. The molecule has 0 saturated heterocycles. The van der Waals surface area contributed by atoms with E-state index in [4.69, 9.17) is 16.3 Å². The topological polar surface area (TPSA) is 67.4 Å². The third-order valence-electron chi connectivity index (χ3n) is 3.69. The van der Waals surface area contributed by atoms with Gasteiger partial charge in [-0.3, -0.25) is 9.59 Å². The Morgan fingerprint density at radius 2 is 1.73 bits per heavy atom. The number of carbonyl (C=O) groups is 2. The molecule has 0 aliphatic rings. The summed E-state index contributed by atoms with van der Waals surface area (Å²) in [5.41, 5.74) is 2.13. The number of halogens is 1.